The monoisotopic (exact) mass is 525 g/mol. The second kappa shape index (κ2) is 11.0. The van der Waals surface area contributed by atoms with E-state index in [0.29, 0.717) is 32.2 Å². The lowest BCUT2D eigenvalue weighted by atomic mass is 9.76. The molecule has 2 aromatic heterocycles. The van der Waals surface area contributed by atoms with E-state index in [1.54, 1.807) is 37.4 Å². The summed E-state index contributed by atoms with van der Waals surface area (Å²) < 4.78 is 5.48. The molecule has 1 aliphatic rings. The van der Waals surface area contributed by atoms with Gasteiger partial charge in [-0.1, -0.05) is 18.2 Å². The van der Waals surface area contributed by atoms with Gasteiger partial charge in [0.25, 0.3) is 0 Å². The van der Waals surface area contributed by atoms with Gasteiger partial charge in [-0.3, -0.25) is 19.4 Å². The number of nitrogens with one attached hydrogen (secondary N) is 2. The van der Waals surface area contributed by atoms with Crippen LogP contribution in [-0.4, -0.2) is 63.9 Å². The normalized spacial score (nSPS) is 19.0. The van der Waals surface area contributed by atoms with Crippen LogP contribution < -0.4 is 11.1 Å². The Hall–Kier alpha value is -3.24. The number of para-hydroxylation sites is 1. The van der Waals surface area contributed by atoms with E-state index in [2.05, 4.69) is 15.3 Å². The van der Waals surface area contributed by atoms with Crippen molar-refractivity contribution >= 4 is 40.0 Å². The van der Waals surface area contributed by atoms with Crippen molar-refractivity contribution in [2.45, 2.75) is 58.0 Å². The van der Waals surface area contributed by atoms with Crippen LogP contribution in [0.4, 0.5) is 0 Å². The fraction of sp³-hybridized carbons (Fsp3) is 0.481. The molecular weight excluding hydrogens is 490 g/mol. The van der Waals surface area contributed by atoms with E-state index >= 15 is 0 Å². The summed E-state index contributed by atoms with van der Waals surface area (Å²) in [5.74, 6) is -0.953. The molecule has 0 radical (unpaired) electrons. The summed E-state index contributed by atoms with van der Waals surface area (Å²) in [6, 6.07) is 7.00. The lowest BCUT2D eigenvalue weighted by molar-refractivity contribution is -0.161. The lowest BCUT2D eigenvalue weighted by Gasteiger charge is -2.42. The second-order valence-corrected chi connectivity index (χ2v) is 11.3. The first-order valence-electron chi connectivity index (χ1n) is 12.6. The minimum atomic E-state index is -1.15. The predicted octanol–water partition coefficient (Wildman–Crippen LogP) is 2.80. The highest BCUT2D eigenvalue weighted by molar-refractivity contribution is 7.09. The zero-order valence-electron chi connectivity index (χ0n) is 21.6. The fourth-order valence-electron chi connectivity index (χ4n) is 4.94. The molecule has 0 bridgehead atoms. The molecule has 3 aromatic rings. The van der Waals surface area contributed by atoms with Crippen molar-refractivity contribution in [3.63, 3.8) is 0 Å². The number of nitrogens with two attached hydrogens (primary N) is 1. The Labute approximate surface area is 220 Å². The summed E-state index contributed by atoms with van der Waals surface area (Å²) in [6.07, 6.45) is 5.64. The van der Waals surface area contributed by atoms with E-state index in [9.17, 15) is 14.4 Å². The van der Waals surface area contributed by atoms with Crippen LogP contribution in [0.1, 0.15) is 44.1 Å². The van der Waals surface area contributed by atoms with Gasteiger partial charge in [-0.25, -0.2) is 0 Å². The van der Waals surface area contributed by atoms with Crippen molar-refractivity contribution in [1.82, 2.24) is 20.2 Å². The smallest absolute Gasteiger partial charge is 0.314 e. The molecule has 4 rings (SSSR count). The number of carbonyl (C=O) groups is 3. The molecule has 1 aromatic carbocycles. The van der Waals surface area contributed by atoms with Crippen LogP contribution in [0, 0.1) is 5.41 Å². The number of piperidine rings is 1. The van der Waals surface area contributed by atoms with Gasteiger partial charge in [0, 0.05) is 54.1 Å². The molecule has 1 saturated heterocycles. The van der Waals surface area contributed by atoms with Gasteiger partial charge in [-0.2, -0.15) is 0 Å². The molecule has 0 aliphatic carbocycles. The molecule has 3 heterocycles. The number of hydrogen-bond donors (Lipinski definition) is 3. The minimum absolute atomic E-state index is 0.217. The quantitative estimate of drug-likeness (QED) is 0.368. The van der Waals surface area contributed by atoms with Crippen molar-refractivity contribution in [2.75, 3.05) is 19.7 Å². The van der Waals surface area contributed by atoms with Gasteiger partial charge >= 0.3 is 5.97 Å². The molecule has 37 heavy (non-hydrogen) atoms. The topological polar surface area (TPSA) is 130 Å². The summed E-state index contributed by atoms with van der Waals surface area (Å²) in [7, 11) is 0. The minimum Gasteiger partial charge on any atom is -0.466 e. The number of rotatable bonds is 9. The third-order valence-electron chi connectivity index (χ3n) is 6.88. The molecule has 4 N–H and O–H groups in total. The highest BCUT2D eigenvalue weighted by atomic mass is 32.1. The summed E-state index contributed by atoms with van der Waals surface area (Å²) in [5, 5.41) is 3.88. The fourth-order valence-corrected chi connectivity index (χ4v) is 5.67. The van der Waals surface area contributed by atoms with E-state index < -0.39 is 22.9 Å². The first-order valence-corrected chi connectivity index (χ1v) is 13.5. The van der Waals surface area contributed by atoms with Crippen molar-refractivity contribution in [3.8, 4) is 0 Å². The molecule has 2 amide bonds. The van der Waals surface area contributed by atoms with Crippen molar-refractivity contribution in [1.29, 1.82) is 0 Å². The number of hydrogen-bond acceptors (Lipinski definition) is 7. The number of likely N-dealkylation sites (tertiary alicyclic amines) is 1. The molecule has 2 atom stereocenters. The van der Waals surface area contributed by atoms with E-state index in [1.165, 1.54) is 11.3 Å². The Kier molecular flexibility index (Phi) is 7.99. The number of carbonyl (C=O) groups excluding carboxylic acids is 3. The number of nitrogens with zero attached hydrogens (tertiary/aromatic N) is 2. The van der Waals surface area contributed by atoms with Gasteiger partial charge in [0.1, 0.15) is 6.04 Å². The standard InChI is InChI=1S/C27H35N5O4S/c1-4-36-25(35)27(13-19-15-29-17-37-19)10-7-11-32(16-27)23(33)22(31-24(34)26(2,3)28)12-18-14-30-21-9-6-5-8-20(18)21/h5-6,8-9,14-15,17,22,30H,4,7,10-13,16,28H2,1-3H3,(H,31,34)/t22-,27?/m1/s1. The average molecular weight is 526 g/mol. The second-order valence-electron chi connectivity index (χ2n) is 10.3. The molecule has 1 fully saturated rings. The zero-order chi connectivity index (χ0) is 26.6. The van der Waals surface area contributed by atoms with Gasteiger partial charge in [0.05, 0.1) is 23.1 Å². The number of aromatic nitrogens is 2. The highest BCUT2D eigenvalue weighted by Gasteiger charge is 2.46. The highest BCUT2D eigenvalue weighted by Crippen LogP contribution is 2.36. The van der Waals surface area contributed by atoms with Crippen LogP contribution in [0.15, 0.2) is 42.2 Å². The van der Waals surface area contributed by atoms with Crippen LogP contribution in [-0.2, 0) is 32.0 Å². The first kappa shape index (κ1) is 26.8. The Morgan fingerprint density at radius 2 is 2.11 bits per heavy atom. The number of H-pyrrole nitrogens is 1. The van der Waals surface area contributed by atoms with E-state index in [0.717, 1.165) is 21.3 Å². The maximum absolute atomic E-state index is 14.0. The van der Waals surface area contributed by atoms with Gasteiger partial charge < -0.3 is 25.7 Å². The first-order chi connectivity index (χ1) is 17.6. The summed E-state index contributed by atoms with van der Waals surface area (Å²) in [5.41, 5.74) is 7.65. The molecule has 0 saturated carbocycles. The number of ether oxygens (including phenoxy) is 1. The Morgan fingerprint density at radius 3 is 2.81 bits per heavy atom. The lowest BCUT2D eigenvalue weighted by Crippen LogP contribution is -2.59. The van der Waals surface area contributed by atoms with E-state index in [-0.39, 0.29) is 25.0 Å². The summed E-state index contributed by atoms with van der Waals surface area (Å²) in [4.78, 5) is 50.2. The predicted molar refractivity (Wildman–Crippen MR) is 143 cm³/mol. The number of esters is 1. The SMILES string of the molecule is CCOC(=O)C1(Cc2cncs2)CCCN(C(=O)[C@@H](Cc2c[nH]c3ccccc23)NC(=O)C(C)(C)N)C1. The van der Waals surface area contributed by atoms with Crippen LogP contribution in [0.5, 0.6) is 0 Å². The third-order valence-corrected chi connectivity index (χ3v) is 7.66. The molecule has 0 spiro atoms. The number of thiazole rings is 1. The average Bonchev–Trinajstić information content (AvgIpc) is 3.53. The number of aromatic amines is 1. The van der Waals surface area contributed by atoms with E-state index in [4.69, 9.17) is 10.5 Å². The van der Waals surface area contributed by atoms with Crippen molar-refractivity contribution < 1.29 is 19.1 Å². The van der Waals surface area contributed by atoms with Crippen LogP contribution in [0.3, 0.4) is 0 Å². The van der Waals surface area contributed by atoms with E-state index in [1.807, 2.05) is 30.5 Å². The summed E-state index contributed by atoms with van der Waals surface area (Å²) >= 11 is 1.48. The third kappa shape index (κ3) is 6.02. The number of amides is 2. The Balaban J connectivity index is 1.62. The molecule has 198 valence electrons. The Bertz CT molecular complexity index is 1250. The van der Waals surface area contributed by atoms with Gasteiger partial charge in [-0.15, -0.1) is 11.3 Å². The van der Waals surface area contributed by atoms with Crippen LogP contribution in [0.25, 0.3) is 10.9 Å². The van der Waals surface area contributed by atoms with Gasteiger partial charge in [0.15, 0.2) is 0 Å². The largest absolute Gasteiger partial charge is 0.466 e. The molecule has 1 unspecified atom stereocenters. The molecule has 9 nitrogen and oxygen atoms in total. The van der Waals surface area contributed by atoms with Crippen LogP contribution in [0.2, 0.25) is 0 Å². The van der Waals surface area contributed by atoms with Crippen molar-refractivity contribution in [3.05, 3.63) is 52.6 Å². The Morgan fingerprint density at radius 1 is 1.32 bits per heavy atom. The zero-order valence-corrected chi connectivity index (χ0v) is 22.4. The number of benzene rings is 1. The number of fused-ring (bicyclic) bond motifs is 1. The van der Waals surface area contributed by atoms with Crippen LogP contribution >= 0.6 is 11.3 Å². The molecule has 1 aliphatic heterocycles. The maximum Gasteiger partial charge on any atom is 0.314 e. The maximum atomic E-state index is 14.0. The van der Waals surface area contributed by atoms with Crippen molar-refractivity contribution in [2.24, 2.45) is 11.1 Å². The van der Waals surface area contributed by atoms with Gasteiger partial charge in [0.2, 0.25) is 11.8 Å². The molecular formula is C27H35N5O4S. The summed E-state index contributed by atoms with van der Waals surface area (Å²) in [6.45, 7) is 5.98. The molecule has 10 heteroatoms. The van der Waals surface area contributed by atoms with Gasteiger partial charge in [-0.05, 0) is 45.2 Å².